The van der Waals surface area contributed by atoms with E-state index in [1.54, 1.807) is 12.1 Å². The molecule has 7 heteroatoms. The van der Waals surface area contributed by atoms with Gasteiger partial charge < -0.3 is 5.32 Å². The minimum absolute atomic E-state index is 0.0978. The van der Waals surface area contributed by atoms with E-state index in [-0.39, 0.29) is 23.8 Å². The predicted molar refractivity (Wildman–Crippen MR) is 120 cm³/mol. The summed E-state index contributed by atoms with van der Waals surface area (Å²) in [5, 5.41) is 3.08. The molecule has 4 atom stereocenters. The Kier molecular flexibility index (Phi) is 3.88. The fraction of sp³-hybridized carbons (Fsp3) is 0.375. The zero-order valence-corrected chi connectivity index (χ0v) is 18.9. The van der Waals surface area contributed by atoms with Gasteiger partial charge in [0, 0.05) is 21.8 Å². The van der Waals surface area contributed by atoms with Crippen LogP contribution in [0, 0.1) is 25.7 Å². The van der Waals surface area contributed by atoms with Gasteiger partial charge in [-0.2, -0.15) is 0 Å². The summed E-state index contributed by atoms with van der Waals surface area (Å²) in [6, 6.07) is 11.2. The van der Waals surface area contributed by atoms with Crippen molar-refractivity contribution >= 4 is 45.0 Å². The van der Waals surface area contributed by atoms with Gasteiger partial charge in [-0.1, -0.05) is 33.6 Å². The molecular weight excluding hydrogens is 458 g/mol. The second-order valence-electron chi connectivity index (χ2n) is 9.12. The van der Waals surface area contributed by atoms with Crippen molar-refractivity contribution in [1.82, 2.24) is 4.90 Å². The number of nitrogens with zero attached hydrogens (tertiary/aromatic N) is 2. The Morgan fingerprint density at radius 1 is 1.06 bits per heavy atom. The standard InChI is InChI=1S/C24H22BrN3O3/c1-12-10-13(2)20-16(11-12)24(23(31)26-20)19-18(17-4-3-9-27(17)24)21(29)28(22(19)30)15-7-5-14(25)6-8-15/h5-8,10-11,17-19H,3-4,9H2,1-2H3,(H,26,31). The third kappa shape index (κ3) is 2.23. The summed E-state index contributed by atoms with van der Waals surface area (Å²) in [6.45, 7) is 4.71. The van der Waals surface area contributed by atoms with Crippen LogP contribution in [0.1, 0.15) is 29.5 Å². The summed E-state index contributed by atoms with van der Waals surface area (Å²) >= 11 is 3.41. The van der Waals surface area contributed by atoms with Crippen LogP contribution in [0.4, 0.5) is 11.4 Å². The van der Waals surface area contributed by atoms with Gasteiger partial charge in [0.15, 0.2) is 0 Å². The predicted octanol–water partition coefficient (Wildman–Crippen LogP) is 3.50. The third-order valence-corrected chi connectivity index (χ3v) is 8.06. The Bertz CT molecular complexity index is 1180. The van der Waals surface area contributed by atoms with Crippen molar-refractivity contribution in [3.8, 4) is 0 Å². The zero-order chi connectivity index (χ0) is 21.7. The molecule has 158 valence electrons. The van der Waals surface area contributed by atoms with E-state index in [9.17, 15) is 14.4 Å². The molecule has 2 aromatic rings. The number of fused-ring (bicyclic) bond motifs is 7. The molecule has 1 N–H and O–H groups in total. The maximum atomic E-state index is 13.9. The molecule has 4 heterocycles. The van der Waals surface area contributed by atoms with Crippen LogP contribution in [0.5, 0.6) is 0 Å². The molecule has 3 saturated heterocycles. The first-order valence-corrected chi connectivity index (χ1v) is 11.5. The Morgan fingerprint density at radius 2 is 1.81 bits per heavy atom. The van der Waals surface area contributed by atoms with Gasteiger partial charge in [-0.25, -0.2) is 4.90 Å². The SMILES string of the molecule is Cc1cc(C)c2c(c1)C1(C(=O)N2)C2C(=O)N(c3ccc(Br)cc3)C(=O)C2C2CCCN21. The van der Waals surface area contributed by atoms with Crippen LogP contribution in [0.2, 0.25) is 0 Å². The lowest BCUT2D eigenvalue weighted by Crippen LogP contribution is -2.54. The molecule has 3 fully saturated rings. The van der Waals surface area contributed by atoms with Crippen molar-refractivity contribution in [2.24, 2.45) is 11.8 Å². The van der Waals surface area contributed by atoms with Crippen LogP contribution in [-0.4, -0.2) is 35.2 Å². The monoisotopic (exact) mass is 479 g/mol. The zero-order valence-electron chi connectivity index (χ0n) is 17.3. The average molecular weight is 480 g/mol. The number of carbonyl (C=O) groups is 3. The Balaban J connectivity index is 1.57. The highest BCUT2D eigenvalue weighted by atomic mass is 79.9. The summed E-state index contributed by atoms with van der Waals surface area (Å²) in [6.07, 6.45) is 1.74. The van der Waals surface area contributed by atoms with E-state index in [0.29, 0.717) is 5.69 Å². The molecule has 0 aromatic heterocycles. The summed E-state index contributed by atoms with van der Waals surface area (Å²) < 4.78 is 0.879. The van der Waals surface area contributed by atoms with Gasteiger partial charge in [-0.05, 0) is 63.1 Å². The number of anilines is 2. The van der Waals surface area contributed by atoms with Crippen molar-refractivity contribution in [1.29, 1.82) is 0 Å². The molecule has 2 aromatic carbocycles. The highest BCUT2D eigenvalue weighted by Crippen LogP contribution is 2.61. The molecule has 6 rings (SSSR count). The van der Waals surface area contributed by atoms with Crippen LogP contribution in [-0.2, 0) is 19.9 Å². The molecule has 1 spiro atoms. The highest BCUT2D eigenvalue weighted by molar-refractivity contribution is 9.10. The molecule has 31 heavy (non-hydrogen) atoms. The molecular formula is C24H22BrN3O3. The van der Waals surface area contributed by atoms with Crippen molar-refractivity contribution in [3.05, 3.63) is 57.6 Å². The number of amides is 3. The molecule has 4 unspecified atom stereocenters. The van der Waals surface area contributed by atoms with E-state index in [2.05, 4.69) is 26.1 Å². The lowest BCUT2D eigenvalue weighted by Gasteiger charge is -2.36. The summed E-state index contributed by atoms with van der Waals surface area (Å²) in [7, 11) is 0. The van der Waals surface area contributed by atoms with Gasteiger partial charge in [0.2, 0.25) is 17.7 Å². The van der Waals surface area contributed by atoms with Crippen molar-refractivity contribution in [2.45, 2.75) is 38.3 Å². The number of benzene rings is 2. The highest BCUT2D eigenvalue weighted by Gasteiger charge is 2.74. The molecule has 0 radical (unpaired) electrons. The van der Waals surface area contributed by atoms with E-state index >= 15 is 0 Å². The quantitative estimate of drug-likeness (QED) is 0.635. The maximum Gasteiger partial charge on any atom is 0.250 e. The number of rotatable bonds is 1. The maximum absolute atomic E-state index is 13.9. The van der Waals surface area contributed by atoms with Crippen LogP contribution in [0.25, 0.3) is 0 Å². The lowest BCUT2D eigenvalue weighted by molar-refractivity contribution is -0.135. The van der Waals surface area contributed by atoms with E-state index in [1.165, 1.54) is 4.90 Å². The molecule has 4 aliphatic heterocycles. The number of hydrogen-bond acceptors (Lipinski definition) is 4. The van der Waals surface area contributed by atoms with E-state index in [4.69, 9.17) is 0 Å². The second kappa shape index (κ2) is 6.26. The minimum atomic E-state index is -1.12. The first-order valence-electron chi connectivity index (χ1n) is 10.7. The van der Waals surface area contributed by atoms with Gasteiger partial charge in [-0.15, -0.1) is 0 Å². The normalized spacial score (nSPS) is 31.4. The molecule has 3 amide bonds. The summed E-state index contributed by atoms with van der Waals surface area (Å²) in [4.78, 5) is 44.7. The number of carbonyl (C=O) groups excluding carboxylic acids is 3. The Hall–Kier alpha value is -2.51. The smallest absolute Gasteiger partial charge is 0.250 e. The lowest BCUT2D eigenvalue weighted by atomic mass is 9.75. The fourth-order valence-corrected chi connectivity index (χ4v) is 6.77. The second-order valence-corrected chi connectivity index (χ2v) is 10.0. The molecule has 6 nitrogen and oxygen atoms in total. The number of halogens is 1. The van der Waals surface area contributed by atoms with Crippen LogP contribution >= 0.6 is 15.9 Å². The van der Waals surface area contributed by atoms with Gasteiger partial charge >= 0.3 is 0 Å². The third-order valence-electron chi connectivity index (χ3n) is 7.53. The van der Waals surface area contributed by atoms with Gasteiger partial charge in [-0.3, -0.25) is 19.3 Å². The van der Waals surface area contributed by atoms with Crippen molar-refractivity contribution < 1.29 is 14.4 Å². The largest absolute Gasteiger partial charge is 0.324 e. The molecule has 0 bridgehead atoms. The first-order chi connectivity index (χ1) is 14.9. The minimum Gasteiger partial charge on any atom is -0.324 e. The Labute approximate surface area is 188 Å². The van der Waals surface area contributed by atoms with Gasteiger partial charge in [0.1, 0.15) is 5.54 Å². The van der Waals surface area contributed by atoms with E-state index < -0.39 is 17.4 Å². The topological polar surface area (TPSA) is 69.7 Å². The molecule has 0 aliphatic carbocycles. The molecule has 4 aliphatic rings. The van der Waals surface area contributed by atoms with Crippen LogP contribution in [0.15, 0.2) is 40.9 Å². The summed E-state index contributed by atoms with van der Waals surface area (Å²) in [5.74, 6) is -1.84. The van der Waals surface area contributed by atoms with E-state index in [1.807, 2.05) is 38.1 Å². The number of nitrogens with one attached hydrogen (secondary N) is 1. The van der Waals surface area contributed by atoms with E-state index in [0.717, 1.165) is 46.2 Å². The van der Waals surface area contributed by atoms with Gasteiger partial charge in [0.05, 0.1) is 17.5 Å². The Morgan fingerprint density at radius 3 is 2.55 bits per heavy atom. The number of aryl methyl sites for hydroxylation is 2. The number of imide groups is 1. The van der Waals surface area contributed by atoms with Crippen molar-refractivity contribution in [2.75, 3.05) is 16.8 Å². The summed E-state index contributed by atoms with van der Waals surface area (Å²) in [5.41, 5.74) is 3.13. The fourth-order valence-electron chi connectivity index (χ4n) is 6.50. The first kappa shape index (κ1) is 19.2. The van der Waals surface area contributed by atoms with Crippen LogP contribution < -0.4 is 10.2 Å². The van der Waals surface area contributed by atoms with Crippen LogP contribution in [0.3, 0.4) is 0 Å². The average Bonchev–Trinajstić information content (AvgIpc) is 3.42. The van der Waals surface area contributed by atoms with Crippen molar-refractivity contribution in [3.63, 3.8) is 0 Å². The number of hydrogen-bond donors (Lipinski definition) is 1. The van der Waals surface area contributed by atoms with Gasteiger partial charge in [0.25, 0.3) is 0 Å². The molecule has 0 saturated carbocycles.